The minimum absolute atomic E-state index is 0.980. The van der Waals surface area contributed by atoms with Gasteiger partial charge in [-0.1, -0.05) is 40.8 Å². The minimum Gasteiger partial charge on any atom is -0.316 e. The van der Waals surface area contributed by atoms with Gasteiger partial charge in [-0.3, -0.25) is 0 Å². The molecule has 0 aromatic carbocycles. The first-order valence-corrected chi connectivity index (χ1v) is 4.71. The number of rotatable bonds is 5. The molecule has 0 fully saturated rings. The molecule has 0 saturated heterocycles. The molecule has 0 aliphatic carbocycles. The van der Waals surface area contributed by atoms with E-state index in [-0.39, 0.29) is 0 Å². The van der Waals surface area contributed by atoms with Gasteiger partial charge in [0.15, 0.2) is 0 Å². The van der Waals surface area contributed by atoms with Crippen LogP contribution in [0.1, 0.15) is 12.8 Å². The van der Waals surface area contributed by atoms with Crippen LogP contribution in [0.2, 0.25) is 0 Å². The van der Waals surface area contributed by atoms with Gasteiger partial charge in [0.1, 0.15) is 0 Å². The van der Waals surface area contributed by atoms with Crippen LogP contribution < -0.4 is 5.32 Å². The Labute approximate surface area is 76.7 Å². The van der Waals surface area contributed by atoms with Gasteiger partial charge in [-0.05, 0) is 24.0 Å². The highest BCUT2D eigenvalue weighted by Gasteiger charge is 1.74. The summed E-state index contributed by atoms with van der Waals surface area (Å²) in [4.78, 5) is 0. The lowest BCUT2D eigenvalue weighted by Crippen LogP contribution is -2.03. The summed E-state index contributed by atoms with van der Waals surface area (Å²) in [6.45, 7) is 0.980. The molecule has 0 unspecified atom stereocenters. The Kier molecular flexibility index (Phi) is 9.33. The molecule has 0 spiro atoms. The fourth-order valence-electron chi connectivity index (χ4n) is 0.574. The average molecular weight is 251 g/mol. The van der Waals surface area contributed by atoms with Gasteiger partial charge in [-0.15, -0.1) is 0 Å². The minimum atomic E-state index is 0.980. The van der Waals surface area contributed by atoms with Gasteiger partial charge in [0.05, 0.1) is 0 Å². The van der Waals surface area contributed by atoms with Gasteiger partial charge in [-0.2, -0.15) is 0 Å². The van der Waals surface area contributed by atoms with E-state index in [0.29, 0.717) is 0 Å². The molecular weight excluding hydrogens is 237 g/mol. The van der Waals surface area contributed by atoms with Crippen LogP contribution in [0.25, 0.3) is 0 Å². The predicted molar refractivity (Wildman–Crippen MR) is 55.5 cm³/mol. The zero-order chi connectivity index (χ0) is 7.66. The number of unbranched alkanes of at least 4 members (excludes halogenated alkanes) is 1. The highest BCUT2D eigenvalue weighted by Crippen LogP contribution is 1.94. The van der Waals surface area contributed by atoms with Gasteiger partial charge >= 0.3 is 0 Å². The van der Waals surface area contributed by atoms with E-state index >= 15 is 0 Å². The monoisotopic (exact) mass is 251 g/mol. The summed E-state index contributed by atoms with van der Waals surface area (Å²) in [7, 11) is 1.95. The van der Waals surface area contributed by atoms with Crippen molar-refractivity contribution in [3.8, 4) is 0 Å². The van der Waals surface area contributed by atoms with Crippen LogP contribution in [-0.4, -0.2) is 13.6 Å². The van der Waals surface area contributed by atoms with Crippen molar-refractivity contribution in [3.05, 3.63) is 22.3 Å². The first-order chi connectivity index (χ1) is 4.91. The summed E-state index contributed by atoms with van der Waals surface area (Å²) in [5.74, 6) is 0. The highest BCUT2D eigenvalue weighted by molar-refractivity contribution is 14.1. The lowest BCUT2D eigenvalue weighted by atomic mass is 10.3. The summed E-state index contributed by atoms with van der Waals surface area (Å²) in [6, 6.07) is 0. The summed E-state index contributed by atoms with van der Waals surface area (Å²) >= 11 is 2.24. The molecule has 0 radical (unpaired) electrons. The third-order valence-electron chi connectivity index (χ3n) is 1.08. The number of nitrogens with one attached hydrogen (secondary N) is 1. The topological polar surface area (TPSA) is 12.0 Å². The van der Waals surface area contributed by atoms with E-state index in [1.807, 2.05) is 7.05 Å². The highest BCUT2D eigenvalue weighted by atomic mass is 127. The maximum atomic E-state index is 3.05. The van der Waals surface area contributed by atoms with Crippen molar-refractivity contribution in [3.63, 3.8) is 0 Å². The molecule has 0 aromatic heterocycles. The fraction of sp³-hybridized carbons (Fsp3) is 0.500. The van der Waals surface area contributed by atoms with E-state index in [2.05, 4.69) is 50.2 Å². The van der Waals surface area contributed by atoms with Crippen LogP contribution in [0, 0.1) is 0 Å². The molecule has 0 heterocycles. The molecule has 0 bridgehead atoms. The van der Waals surface area contributed by atoms with Crippen LogP contribution in [0.3, 0.4) is 0 Å². The quantitative estimate of drug-likeness (QED) is 0.449. The molecule has 58 valence electrons. The van der Waals surface area contributed by atoms with Crippen molar-refractivity contribution in [1.82, 2.24) is 5.32 Å². The molecular formula is C8H14IN. The van der Waals surface area contributed by atoms with Gasteiger partial charge in [0.25, 0.3) is 0 Å². The van der Waals surface area contributed by atoms with Crippen molar-refractivity contribution in [2.45, 2.75) is 12.8 Å². The lowest BCUT2D eigenvalue weighted by Gasteiger charge is -1.87. The molecule has 0 atom stereocenters. The normalized spacial score (nSPS) is 11.8. The van der Waals surface area contributed by atoms with E-state index < -0.39 is 0 Å². The molecule has 10 heavy (non-hydrogen) atoms. The maximum absolute atomic E-state index is 3.05. The maximum Gasteiger partial charge on any atom is 0.0131 e. The van der Waals surface area contributed by atoms with Gasteiger partial charge in [0, 0.05) is 6.54 Å². The van der Waals surface area contributed by atoms with Crippen molar-refractivity contribution in [2.75, 3.05) is 13.6 Å². The van der Waals surface area contributed by atoms with Crippen LogP contribution >= 0.6 is 22.6 Å². The zero-order valence-corrected chi connectivity index (χ0v) is 8.47. The molecule has 0 saturated carbocycles. The zero-order valence-electron chi connectivity index (χ0n) is 6.31. The molecule has 0 rings (SSSR count). The number of hydrogen-bond donors (Lipinski definition) is 1. The Morgan fingerprint density at radius 3 is 2.50 bits per heavy atom. The smallest absolute Gasteiger partial charge is 0.0131 e. The average Bonchev–Trinajstić information content (AvgIpc) is 1.97. The third-order valence-corrected chi connectivity index (χ3v) is 1.59. The largest absolute Gasteiger partial charge is 0.316 e. The molecule has 0 aliphatic rings. The van der Waals surface area contributed by atoms with Crippen LogP contribution in [-0.2, 0) is 0 Å². The molecule has 1 nitrogen and oxygen atoms in total. The Bertz CT molecular complexity index is 108. The van der Waals surface area contributed by atoms with E-state index in [4.69, 9.17) is 0 Å². The lowest BCUT2D eigenvalue weighted by molar-refractivity contribution is 0.911. The Morgan fingerprint density at radius 1 is 1.20 bits per heavy atom. The Hall–Kier alpha value is 0.170. The van der Waals surface area contributed by atoms with Crippen molar-refractivity contribution in [1.29, 1.82) is 0 Å². The second-order valence-corrected chi connectivity index (χ2v) is 2.69. The van der Waals surface area contributed by atoms with E-state index in [0.717, 1.165) is 19.4 Å². The number of allylic oxidation sites excluding steroid dienone is 2. The van der Waals surface area contributed by atoms with Gasteiger partial charge in [0.2, 0.25) is 0 Å². The summed E-state index contributed by atoms with van der Waals surface area (Å²) in [6.07, 6.45) is 8.84. The second kappa shape index (κ2) is 9.17. The van der Waals surface area contributed by atoms with Gasteiger partial charge < -0.3 is 5.32 Å². The van der Waals surface area contributed by atoms with E-state index in [1.165, 1.54) is 0 Å². The Morgan fingerprint density at radius 2 is 1.90 bits per heavy atom. The van der Waals surface area contributed by atoms with E-state index in [9.17, 15) is 0 Å². The first-order valence-electron chi connectivity index (χ1n) is 3.46. The third kappa shape index (κ3) is 8.17. The summed E-state index contributed by atoms with van der Waals surface area (Å²) in [5.41, 5.74) is 0. The summed E-state index contributed by atoms with van der Waals surface area (Å²) < 4.78 is 2.06. The first kappa shape index (κ1) is 10.2. The fourth-order valence-corrected chi connectivity index (χ4v) is 0.934. The number of hydrogen-bond acceptors (Lipinski definition) is 1. The van der Waals surface area contributed by atoms with Crippen LogP contribution in [0.5, 0.6) is 0 Å². The van der Waals surface area contributed by atoms with Gasteiger partial charge in [-0.25, -0.2) is 0 Å². The second-order valence-electron chi connectivity index (χ2n) is 1.97. The number of likely N-dealkylation sites (N-methyl/N-ethyl adjacent to an activating group) is 1. The van der Waals surface area contributed by atoms with Crippen LogP contribution in [0.4, 0.5) is 0 Å². The molecule has 0 aromatic rings. The molecule has 1 N–H and O–H groups in total. The SMILES string of the molecule is CNC/C=C/CC/C=C\I. The molecule has 0 aliphatic heterocycles. The van der Waals surface area contributed by atoms with Crippen molar-refractivity contribution in [2.24, 2.45) is 0 Å². The molecule has 2 heteroatoms. The standard InChI is InChI=1S/C8H14IN/c1-10-8-6-4-2-3-5-7-9/h4-7,10H,2-3,8H2,1H3/b6-4+,7-5-. The van der Waals surface area contributed by atoms with E-state index in [1.54, 1.807) is 0 Å². The van der Waals surface area contributed by atoms with Crippen LogP contribution in [0.15, 0.2) is 22.3 Å². The predicted octanol–water partition coefficient (Wildman–Crippen LogP) is 2.49. The van der Waals surface area contributed by atoms with Crippen molar-refractivity contribution >= 4 is 22.6 Å². The molecule has 0 amide bonds. The number of halogens is 1. The Balaban J connectivity index is 3.02. The van der Waals surface area contributed by atoms with Crippen molar-refractivity contribution < 1.29 is 0 Å². The summed E-state index contributed by atoms with van der Waals surface area (Å²) in [5, 5.41) is 3.05.